The molecule has 1 aromatic carbocycles. The Balaban J connectivity index is 2.09. The van der Waals surface area contributed by atoms with Gasteiger partial charge in [-0.2, -0.15) is 0 Å². The monoisotopic (exact) mass is 236 g/mol. The quantitative estimate of drug-likeness (QED) is 0.580. The molecule has 1 fully saturated rings. The number of hydrogen-bond acceptors (Lipinski definition) is 4. The van der Waals surface area contributed by atoms with E-state index in [1.807, 2.05) is 12.1 Å². The average molecular weight is 236 g/mol. The highest BCUT2D eigenvalue weighted by molar-refractivity contribution is 5.43. The van der Waals surface area contributed by atoms with Gasteiger partial charge in [-0.25, -0.2) is 0 Å². The van der Waals surface area contributed by atoms with E-state index < -0.39 is 0 Å². The van der Waals surface area contributed by atoms with Crippen molar-refractivity contribution >= 4 is 0 Å². The topological polar surface area (TPSA) is 56.5 Å². The van der Waals surface area contributed by atoms with Crippen LogP contribution in [0.5, 0.6) is 11.5 Å². The van der Waals surface area contributed by atoms with E-state index in [-0.39, 0.29) is 0 Å². The van der Waals surface area contributed by atoms with Gasteiger partial charge >= 0.3 is 0 Å². The molecule has 0 amide bonds. The summed E-state index contributed by atoms with van der Waals surface area (Å²) in [6.45, 7) is 0. The van der Waals surface area contributed by atoms with Crippen molar-refractivity contribution in [2.45, 2.75) is 25.3 Å². The predicted molar refractivity (Wildman–Crippen MR) is 67.1 cm³/mol. The van der Waals surface area contributed by atoms with Crippen LogP contribution in [-0.2, 0) is 6.42 Å². The Hall–Kier alpha value is -1.26. The summed E-state index contributed by atoms with van der Waals surface area (Å²) >= 11 is 0. The largest absolute Gasteiger partial charge is 0.493 e. The summed E-state index contributed by atoms with van der Waals surface area (Å²) in [6, 6.07) is 6.39. The van der Waals surface area contributed by atoms with E-state index in [4.69, 9.17) is 15.3 Å². The molecule has 0 bridgehead atoms. The number of benzene rings is 1. The van der Waals surface area contributed by atoms with Gasteiger partial charge < -0.3 is 9.47 Å². The van der Waals surface area contributed by atoms with Gasteiger partial charge in [0.15, 0.2) is 11.5 Å². The van der Waals surface area contributed by atoms with Crippen LogP contribution in [0, 0.1) is 5.92 Å². The zero-order valence-electron chi connectivity index (χ0n) is 10.4. The molecule has 0 aromatic heterocycles. The minimum Gasteiger partial charge on any atom is -0.493 e. The zero-order chi connectivity index (χ0) is 12.3. The van der Waals surface area contributed by atoms with E-state index >= 15 is 0 Å². The number of hydrazine groups is 1. The van der Waals surface area contributed by atoms with E-state index in [1.165, 1.54) is 18.4 Å². The second-order valence-corrected chi connectivity index (χ2v) is 4.50. The molecule has 0 saturated heterocycles. The van der Waals surface area contributed by atoms with Crippen LogP contribution in [-0.4, -0.2) is 20.3 Å². The lowest BCUT2D eigenvalue weighted by Gasteiger charge is -2.16. The van der Waals surface area contributed by atoms with Crippen LogP contribution in [0.4, 0.5) is 0 Å². The van der Waals surface area contributed by atoms with E-state index in [9.17, 15) is 0 Å². The molecule has 1 aromatic rings. The molecule has 2 rings (SSSR count). The number of nitrogens with one attached hydrogen (secondary N) is 1. The van der Waals surface area contributed by atoms with Gasteiger partial charge in [-0.15, -0.1) is 0 Å². The Kier molecular flexibility index (Phi) is 3.86. The lowest BCUT2D eigenvalue weighted by Crippen LogP contribution is -2.38. The Bertz CT molecular complexity index is 378. The summed E-state index contributed by atoms with van der Waals surface area (Å²) in [5.74, 6) is 7.85. The first kappa shape index (κ1) is 12.2. The Morgan fingerprint density at radius 2 is 2.00 bits per heavy atom. The first-order chi connectivity index (χ1) is 8.28. The van der Waals surface area contributed by atoms with Crippen LogP contribution < -0.4 is 20.7 Å². The van der Waals surface area contributed by atoms with Gasteiger partial charge in [-0.05, 0) is 42.9 Å². The highest BCUT2D eigenvalue weighted by atomic mass is 16.5. The molecule has 4 nitrogen and oxygen atoms in total. The summed E-state index contributed by atoms with van der Waals surface area (Å²) in [5, 5.41) is 0. The molecule has 1 saturated carbocycles. The van der Waals surface area contributed by atoms with Crippen LogP contribution in [0.1, 0.15) is 18.4 Å². The molecule has 0 heterocycles. The van der Waals surface area contributed by atoms with Crippen LogP contribution in [0.15, 0.2) is 18.2 Å². The van der Waals surface area contributed by atoms with Crippen LogP contribution in [0.2, 0.25) is 0 Å². The Morgan fingerprint density at radius 3 is 2.53 bits per heavy atom. The van der Waals surface area contributed by atoms with Crippen molar-refractivity contribution in [1.29, 1.82) is 0 Å². The maximum absolute atomic E-state index is 5.58. The Morgan fingerprint density at radius 1 is 1.29 bits per heavy atom. The molecule has 1 aliphatic carbocycles. The third-order valence-corrected chi connectivity index (χ3v) is 3.31. The van der Waals surface area contributed by atoms with Gasteiger partial charge in [0.2, 0.25) is 0 Å². The molecule has 1 aliphatic rings. The van der Waals surface area contributed by atoms with Crippen molar-refractivity contribution in [3.8, 4) is 11.5 Å². The smallest absolute Gasteiger partial charge is 0.160 e. The number of rotatable bonds is 6. The number of hydrogen-bond donors (Lipinski definition) is 2. The normalized spacial score (nSPS) is 16.6. The third kappa shape index (κ3) is 2.90. The van der Waals surface area contributed by atoms with Crippen LogP contribution in [0.3, 0.4) is 0 Å². The van der Waals surface area contributed by atoms with Crippen molar-refractivity contribution in [3.05, 3.63) is 23.8 Å². The van der Waals surface area contributed by atoms with Gasteiger partial charge in [0, 0.05) is 6.04 Å². The highest BCUT2D eigenvalue weighted by Crippen LogP contribution is 2.35. The fourth-order valence-corrected chi connectivity index (χ4v) is 2.12. The van der Waals surface area contributed by atoms with E-state index in [0.29, 0.717) is 6.04 Å². The maximum Gasteiger partial charge on any atom is 0.160 e. The summed E-state index contributed by atoms with van der Waals surface area (Å²) in [4.78, 5) is 0. The highest BCUT2D eigenvalue weighted by Gasteiger charge is 2.30. The van der Waals surface area contributed by atoms with Gasteiger partial charge in [-0.3, -0.25) is 11.3 Å². The molecule has 0 spiro atoms. The van der Waals surface area contributed by atoms with Crippen molar-refractivity contribution in [1.82, 2.24) is 5.43 Å². The summed E-state index contributed by atoms with van der Waals surface area (Å²) in [6.07, 6.45) is 3.49. The summed E-state index contributed by atoms with van der Waals surface area (Å²) in [5.41, 5.74) is 4.13. The molecule has 1 atom stereocenters. The number of ether oxygens (including phenoxy) is 2. The third-order valence-electron chi connectivity index (χ3n) is 3.31. The van der Waals surface area contributed by atoms with E-state index in [0.717, 1.165) is 23.8 Å². The SMILES string of the molecule is COc1ccc(CC(NN)C2CC2)cc1OC. The van der Waals surface area contributed by atoms with Gasteiger partial charge in [0.25, 0.3) is 0 Å². The summed E-state index contributed by atoms with van der Waals surface area (Å²) < 4.78 is 10.5. The first-order valence-electron chi connectivity index (χ1n) is 5.95. The fraction of sp³-hybridized carbons (Fsp3) is 0.538. The van der Waals surface area contributed by atoms with Crippen LogP contribution in [0.25, 0.3) is 0 Å². The molecule has 3 N–H and O–H groups in total. The average Bonchev–Trinajstić information content (AvgIpc) is 3.19. The lowest BCUT2D eigenvalue weighted by molar-refractivity contribution is 0.354. The van der Waals surface area contributed by atoms with Gasteiger partial charge in [0.05, 0.1) is 14.2 Å². The van der Waals surface area contributed by atoms with Gasteiger partial charge in [-0.1, -0.05) is 6.07 Å². The van der Waals surface area contributed by atoms with Gasteiger partial charge in [0.1, 0.15) is 0 Å². The maximum atomic E-state index is 5.58. The van der Waals surface area contributed by atoms with Crippen molar-refractivity contribution < 1.29 is 9.47 Å². The lowest BCUT2D eigenvalue weighted by atomic mass is 10.0. The molecule has 0 aliphatic heterocycles. The van der Waals surface area contributed by atoms with E-state index in [1.54, 1.807) is 14.2 Å². The fourth-order valence-electron chi connectivity index (χ4n) is 2.12. The second kappa shape index (κ2) is 5.38. The molecule has 0 radical (unpaired) electrons. The standard InChI is InChI=1S/C13H20N2O2/c1-16-12-6-3-9(8-13(12)17-2)7-11(15-14)10-4-5-10/h3,6,8,10-11,15H,4-5,7,14H2,1-2H3. The Labute approximate surface area is 102 Å². The van der Waals surface area contributed by atoms with Crippen molar-refractivity contribution in [3.63, 3.8) is 0 Å². The zero-order valence-corrected chi connectivity index (χ0v) is 10.4. The minimum atomic E-state index is 0.369. The molecule has 1 unspecified atom stereocenters. The van der Waals surface area contributed by atoms with E-state index in [2.05, 4.69) is 11.5 Å². The first-order valence-corrected chi connectivity index (χ1v) is 5.95. The summed E-state index contributed by atoms with van der Waals surface area (Å²) in [7, 11) is 3.30. The van der Waals surface area contributed by atoms with Crippen LogP contribution >= 0.6 is 0 Å². The molecule has 94 valence electrons. The minimum absolute atomic E-state index is 0.369. The number of nitrogens with two attached hydrogens (primary N) is 1. The predicted octanol–water partition coefficient (Wildman–Crippen LogP) is 1.49. The molecule has 17 heavy (non-hydrogen) atoms. The second-order valence-electron chi connectivity index (χ2n) is 4.50. The molecular weight excluding hydrogens is 216 g/mol. The number of methoxy groups -OCH3 is 2. The van der Waals surface area contributed by atoms with Crippen molar-refractivity contribution in [2.24, 2.45) is 11.8 Å². The van der Waals surface area contributed by atoms with Crippen molar-refractivity contribution in [2.75, 3.05) is 14.2 Å². The molecule has 4 heteroatoms. The molecular formula is C13H20N2O2.